The van der Waals surface area contributed by atoms with E-state index in [-0.39, 0.29) is 35.4 Å². The summed E-state index contributed by atoms with van der Waals surface area (Å²) in [6, 6.07) is 22.4. The molecule has 6 heteroatoms. The summed E-state index contributed by atoms with van der Waals surface area (Å²) < 4.78 is 11.8. The van der Waals surface area contributed by atoms with Gasteiger partial charge in [-0.05, 0) is 78.7 Å². The molecule has 0 bridgehead atoms. The average Bonchev–Trinajstić information content (AvgIpc) is 3.80. The number of esters is 1. The van der Waals surface area contributed by atoms with Gasteiger partial charge in [0.2, 0.25) is 0 Å². The van der Waals surface area contributed by atoms with Gasteiger partial charge in [0.05, 0.1) is 7.11 Å². The number of likely N-dealkylation sites (tertiary alicyclic amines) is 1. The van der Waals surface area contributed by atoms with E-state index in [1.54, 1.807) is 7.11 Å². The first-order valence-electron chi connectivity index (χ1n) is 14.7. The largest absolute Gasteiger partial charge is 0.497 e. The van der Waals surface area contributed by atoms with Crippen LogP contribution < -0.4 is 4.74 Å². The molecule has 0 N–H and O–H groups in total. The number of rotatable bonds is 7. The van der Waals surface area contributed by atoms with E-state index in [0.717, 1.165) is 54.9 Å². The molecule has 3 aliphatic rings. The molecule has 1 aliphatic heterocycles. The molecular weight excluding hydrogens is 500 g/mol. The van der Waals surface area contributed by atoms with E-state index in [0.29, 0.717) is 12.0 Å². The molecule has 2 saturated carbocycles. The fourth-order valence-electron chi connectivity index (χ4n) is 7.32. The molecule has 1 saturated heterocycles. The number of methoxy groups -OCH3 is 1. The monoisotopic (exact) mass is 540 g/mol. The molecule has 1 amide bonds. The molecule has 2 aliphatic carbocycles. The third-order valence-corrected chi connectivity index (χ3v) is 9.63. The van der Waals surface area contributed by atoms with Crippen LogP contribution in [0.3, 0.4) is 0 Å². The zero-order valence-corrected chi connectivity index (χ0v) is 23.8. The van der Waals surface area contributed by atoms with E-state index < -0.39 is 0 Å². The van der Waals surface area contributed by atoms with Crippen LogP contribution in [0.4, 0.5) is 0 Å². The zero-order chi connectivity index (χ0) is 27.9. The van der Waals surface area contributed by atoms with Gasteiger partial charge in [-0.15, -0.1) is 0 Å². The molecule has 4 atom stereocenters. The number of amides is 1. The molecule has 0 spiro atoms. The lowest BCUT2D eigenvalue weighted by atomic mass is 9.56. The van der Waals surface area contributed by atoms with Gasteiger partial charge in [-0.1, -0.05) is 42.5 Å². The van der Waals surface area contributed by atoms with E-state index in [1.807, 2.05) is 54.4 Å². The SMILES string of the molecule is COc1cccc([C@@]23CCN(CC4CC4)C[C@H]2C(OC(C)=O)C[C@H](N(C)C(=O)c2ccc4ccccc4c2)C3)c1. The van der Waals surface area contributed by atoms with E-state index in [1.165, 1.54) is 25.3 Å². The van der Waals surface area contributed by atoms with Crippen LogP contribution in [-0.2, 0) is 14.9 Å². The van der Waals surface area contributed by atoms with Gasteiger partial charge in [0.1, 0.15) is 11.9 Å². The Morgan fingerprint density at radius 3 is 2.58 bits per heavy atom. The number of nitrogens with zero attached hydrogens (tertiary/aromatic N) is 2. The molecule has 1 unspecified atom stereocenters. The van der Waals surface area contributed by atoms with Crippen molar-refractivity contribution in [3.8, 4) is 5.75 Å². The average molecular weight is 541 g/mol. The van der Waals surface area contributed by atoms with Crippen molar-refractivity contribution in [2.75, 3.05) is 33.8 Å². The van der Waals surface area contributed by atoms with Gasteiger partial charge in [0, 0.05) is 56.4 Å². The van der Waals surface area contributed by atoms with E-state index in [2.05, 4.69) is 29.2 Å². The Labute approximate surface area is 237 Å². The Bertz CT molecular complexity index is 1400. The molecule has 40 heavy (non-hydrogen) atoms. The first kappa shape index (κ1) is 26.8. The zero-order valence-electron chi connectivity index (χ0n) is 23.8. The number of carbonyl (C=O) groups is 2. The fraction of sp³-hybridized carbons (Fsp3) is 0.471. The second-order valence-electron chi connectivity index (χ2n) is 12.2. The number of hydrogen-bond acceptors (Lipinski definition) is 5. The van der Waals surface area contributed by atoms with Crippen molar-refractivity contribution < 1.29 is 19.1 Å². The van der Waals surface area contributed by atoms with Crippen LogP contribution in [0.5, 0.6) is 5.75 Å². The maximum absolute atomic E-state index is 13.9. The van der Waals surface area contributed by atoms with Crippen molar-refractivity contribution in [1.29, 1.82) is 0 Å². The number of fused-ring (bicyclic) bond motifs is 2. The predicted octanol–water partition coefficient (Wildman–Crippen LogP) is 5.68. The molecule has 3 aromatic carbocycles. The number of ether oxygens (including phenoxy) is 2. The highest BCUT2D eigenvalue weighted by Crippen LogP contribution is 2.52. The minimum Gasteiger partial charge on any atom is -0.497 e. The van der Waals surface area contributed by atoms with Gasteiger partial charge in [0.15, 0.2) is 0 Å². The third kappa shape index (κ3) is 5.22. The summed E-state index contributed by atoms with van der Waals surface area (Å²) in [5.74, 6) is 1.53. The van der Waals surface area contributed by atoms with Gasteiger partial charge in [-0.2, -0.15) is 0 Å². The van der Waals surface area contributed by atoms with Crippen molar-refractivity contribution >= 4 is 22.6 Å². The lowest BCUT2D eigenvalue weighted by Crippen LogP contribution is -2.62. The quantitative estimate of drug-likeness (QED) is 0.361. The maximum atomic E-state index is 13.9. The Hall–Kier alpha value is -3.38. The number of piperidine rings is 1. The summed E-state index contributed by atoms with van der Waals surface area (Å²) in [6.45, 7) is 4.54. The second kappa shape index (κ2) is 10.9. The Morgan fingerprint density at radius 1 is 1.02 bits per heavy atom. The molecule has 210 valence electrons. The normalized spacial score (nSPS) is 26.6. The Morgan fingerprint density at radius 2 is 1.82 bits per heavy atom. The lowest BCUT2D eigenvalue weighted by molar-refractivity contribution is -0.158. The van der Waals surface area contributed by atoms with Crippen LogP contribution in [0.1, 0.15) is 54.9 Å². The van der Waals surface area contributed by atoms with Crippen molar-refractivity contribution in [2.24, 2.45) is 11.8 Å². The number of benzene rings is 3. The summed E-state index contributed by atoms with van der Waals surface area (Å²) in [5, 5.41) is 2.17. The number of hydrogen-bond donors (Lipinski definition) is 0. The molecule has 3 fully saturated rings. The minimum absolute atomic E-state index is 0.00254. The van der Waals surface area contributed by atoms with Crippen molar-refractivity contribution in [3.05, 3.63) is 77.9 Å². The third-order valence-electron chi connectivity index (χ3n) is 9.63. The van der Waals surface area contributed by atoms with Gasteiger partial charge in [0.25, 0.3) is 5.91 Å². The Balaban J connectivity index is 1.35. The van der Waals surface area contributed by atoms with Crippen LogP contribution in [-0.4, -0.2) is 67.6 Å². The van der Waals surface area contributed by atoms with Crippen molar-refractivity contribution in [2.45, 2.75) is 56.6 Å². The Kier molecular flexibility index (Phi) is 7.30. The van der Waals surface area contributed by atoms with Gasteiger partial charge in [-0.25, -0.2) is 0 Å². The van der Waals surface area contributed by atoms with E-state index in [9.17, 15) is 9.59 Å². The number of carbonyl (C=O) groups excluding carboxylic acids is 2. The maximum Gasteiger partial charge on any atom is 0.302 e. The highest BCUT2D eigenvalue weighted by molar-refractivity contribution is 5.98. The lowest BCUT2D eigenvalue weighted by Gasteiger charge is -2.56. The second-order valence-corrected chi connectivity index (χ2v) is 12.2. The summed E-state index contributed by atoms with van der Waals surface area (Å²) in [4.78, 5) is 30.8. The molecule has 1 heterocycles. The highest BCUT2D eigenvalue weighted by Gasteiger charge is 2.54. The molecule has 0 radical (unpaired) electrons. The standard InChI is InChI=1S/C34H40N2O4/c1-23(37)40-32-19-29(35(2)33(38)27-14-13-25-7-4-5-8-26(25)17-27)20-34(28-9-6-10-30(18-28)39-3)15-16-36(22-31(32)34)21-24-11-12-24/h4-10,13-14,17-18,24,29,31-32H,11-12,15-16,19-22H2,1-3H3/t29-,31-,32?,34-/m0/s1. The summed E-state index contributed by atoms with van der Waals surface area (Å²) in [7, 11) is 3.61. The smallest absolute Gasteiger partial charge is 0.302 e. The fourth-order valence-corrected chi connectivity index (χ4v) is 7.32. The minimum atomic E-state index is -0.267. The van der Waals surface area contributed by atoms with E-state index >= 15 is 0 Å². The van der Waals surface area contributed by atoms with E-state index in [4.69, 9.17) is 9.47 Å². The molecule has 0 aromatic heterocycles. The predicted molar refractivity (Wildman–Crippen MR) is 157 cm³/mol. The highest BCUT2D eigenvalue weighted by atomic mass is 16.5. The summed E-state index contributed by atoms with van der Waals surface area (Å²) in [6.07, 6.45) is 4.80. The molecule has 6 nitrogen and oxygen atoms in total. The van der Waals surface area contributed by atoms with Crippen molar-refractivity contribution in [3.63, 3.8) is 0 Å². The first-order chi connectivity index (χ1) is 19.4. The molecule has 3 aromatic rings. The van der Waals surface area contributed by atoms with Crippen LogP contribution in [0.15, 0.2) is 66.7 Å². The van der Waals surface area contributed by atoms with Crippen LogP contribution in [0, 0.1) is 11.8 Å². The van der Waals surface area contributed by atoms with Gasteiger partial charge in [-0.3, -0.25) is 9.59 Å². The van der Waals surface area contributed by atoms with Crippen LogP contribution >= 0.6 is 0 Å². The van der Waals surface area contributed by atoms with Gasteiger partial charge >= 0.3 is 5.97 Å². The molecule has 6 rings (SSSR count). The van der Waals surface area contributed by atoms with Crippen LogP contribution in [0.25, 0.3) is 10.8 Å². The first-order valence-corrected chi connectivity index (χ1v) is 14.7. The van der Waals surface area contributed by atoms with Gasteiger partial charge < -0.3 is 19.3 Å². The van der Waals surface area contributed by atoms with Crippen LogP contribution in [0.2, 0.25) is 0 Å². The molecular formula is C34H40N2O4. The summed E-state index contributed by atoms with van der Waals surface area (Å²) in [5.41, 5.74) is 1.67. The summed E-state index contributed by atoms with van der Waals surface area (Å²) >= 11 is 0. The van der Waals surface area contributed by atoms with Crippen molar-refractivity contribution in [1.82, 2.24) is 9.80 Å². The topological polar surface area (TPSA) is 59.1 Å².